The van der Waals surface area contributed by atoms with E-state index in [1.165, 1.54) is 26.2 Å². The maximum atomic E-state index is 13.4. The number of carbonyl (C=O) groups is 2. The Morgan fingerprint density at radius 2 is 1.49 bits per heavy atom. The molecule has 1 atom stereocenters. The van der Waals surface area contributed by atoms with E-state index in [0.717, 1.165) is 0 Å². The van der Waals surface area contributed by atoms with Crippen LogP contribution in [0.4, 0.5) is 5.69 Å². The number of rotatable bonds is 7. The van der Waals surface area contributed by atoms with Gasteiger partial charge in [0.25, 0.3) is 0 Å². The van der Waals surface area contributed by atoms with E-state index in [1.807, 2.05) is 18.2 Å². The van der Waals surface area contributed by atoms with Crippen molar-refractivity contribution >= 4 is 17.6 Å². The molecule has 9 nitrogen and oxygen atoms in total. The van der Waals surface area contributed by atoms with Crippen molar-refractivity contribution in [2.24, 2.45) is 5.73 Å². The molecule has 1 aliphatic heterocycles. The predicted octanol–water partition coefficient (Wildman–Crippen LogP) is 4.27. The van der Waals surface area contributed by atoms with Crippen molar-refractivity contribution in [2.45, 2.75) is 5.92 Å². The van der Waals surface area contributed by atoms with Gasteiger partial charge in [0.05, 0.1) is 57.3 Å². The maximum absolute atomic E-state index is 13.4. The quantitative estimate of drug-likeness (QED) is 0.450. The normalized spacial score (nSPS) is 14.9. The second-order valence-electron chi connectivity index (χ2n) is 8.42. The highest BCUT2D eigenvalue weighted by atomic mass is 16.5. The van der Waals surface area contributed by atoms with Crippen molar-refractivity contribution in [3.05, 3.63) is 101 Å². The topological polar surface area (TPSA) is 124 Å². The fourth-order valence-electron chi connectivity index (χ4n) is 4.68. The Morgan fingerprint density at radius 3 is 2.10 bits per heavy atom. The van der Waals surface area contributed by atoms with Gasteiger partial charge in [0.1, 0.15) is 11.5 Å². The summed E-state index contributed by atoms with van der Waals surface area (Å²) in [7, 11) is 5.49. The zero-order valence-electron chi connectivity index (χ0n) is 21.9. The van der Waals surface area contributed by atoms with E-state index < -0.39 is 17.9 Å². The average Bonchev–Trinajstić information content (AvgIpc) is 2.99. The Balaban J connectivity index is 2.07. The van der Waals surface area contributed by atoms with Crippen LogP contribution in [-0.4, -0.2) is 40.4 Å². The van der Waals surface area contributed by atoms with E-state index in [4.69, 9.17) is 24.7 Å². The lowest BCUT2D eigenvalue weighted by Gasteiger charge is -2.36. The van der Waals surface area contributed by atoms with Crippen LogP contribution < -0.4 is 20.1 Å². The Labute approximate surface area is 226 Å². The Bertz CT molecular complexity index is 1520. The molecule has 198 valence electrons. The van der Waals surface area contributed by atoms with Crippen LogP contribution in [0, 0.1) is 11.3 Å². The summed E-state index contributed by atoms with van der Waals surface area (Å²) in [6, 6.07) is 23.5. The molecule has 1 heterocycles. The lowest BCUT2D eigenvalue weighted by atomic mass is 9.80. The van der Waals surface area contributed by atoms with Crippen LogP contribution in [-0.2, 0) is 19.1 Å². The van der Waals surface area contributed by atoms with Crippen LogP contribution in [0.25, 0.3) is 11.1 Å². The minimum absolute atomic E-state index is 0.0210. The lowest BCUT2D eigenvalue weighted by molar-refractivity contribution is -0.139. The number of hydrogen-bond donors (Lipinski definition) is 1. The Kier molecular flexibility index (Phi) is 7.87. The van der Waals surface area contributed by atoms with Crippen molar-refractivity contribution in [3.63, 3.8) is 0 Å². The summed E-state index contributed by atoms with van der Waals surface area (Å²) in [4.78, 5) is 28.1. The minimum atomic E-state index is -0.956. The number of carbonyl (C=O) groups excluding carboxylic acids is 2. The van der Waals surface area contributed by atoms with Crippen molar-refractivity contribution in [2.75, 3.05) is 33.3 Å². The fraction of sp³-hybridized carbons (Fsp3) is 0.167. The van der Waals surface area contributed by atoms with Gasteiger partial charge in [0.2, 0.25) is 0 Å². The number of methoxy groups -OCH3 is 4. The number of ether oxygens (including phenoxy) is 4. The number of esters is 2. The van der Waals surface area contributed by atoms with Gasteiger partial charge in [-0.2, -0.15) is 5.26 Å². The van der Waals surface area contributed by atoms with Gasteiger partial charge < -0.3 is 24.7 Å². The highest BCUT2D eigenvalue weighted by molar-refractivity contribution is 6.07. The second-order valence-corrected chi connectivity index (χ2v) is 8.42. The standard InChI is InChI=1S/C30H27N3O6/c1-36-23-15-14-19(16-24(23)37-2)20-12-8-9-13-22(20)33-27(30(35)39-4)26(29(34)38-3)25(21(17-31)28(33)32)18-10-6-5-7-11-18/h5-16,25H,32H2,1-4H3. The molecular weight excluding hydrogens is 498 g/mol. The molecule has 39 heavy (non-hydrogen) atoms. The van der Waals surface area contributed by atoms with E-state index in [9.17, 15) is 14.9 Å². The molecule has 0 saturated carbocycles. The van der Waals surface area contributed by atoms with E-state index in [2.05, 4.69) is 6.07 Å². The zero-order valence-corrected chi connectivity index (χ0v) is 21.9. The third kappa shape index (κ3) is 4.76. The molecule has 0 aliphatic carbocycles. The van der Waals surface area contributed by atoms with E-state index >= 15 is 0 Å². The van der Waals surface area contributed by atoms with Crippen LogP contribution in [0.3, 0.4) is 0 Å². The first-order chi connectivity index (χ1) is 18.9. The Hall–Kier alpha value is -5.23. The summed E-state index contributed by atoms with van der Waals surface area (Å²) < 4.78 is 21.1. The molecule has 1 unspecified atom stereocenters. The number of benzene rings is 3. The summed E-state index contributed by atoms with van der Waals surface area (Å²) >= 11 is 0. The van der Waals surface area contributed by atoms with Crippen LogP contribution in [0.2, 0.25) is 0 Å². The third-order valence-electron chi connectivity index (χ3n) is 6.45. The van der Waals surface area contributed by atoms with E-state index in [0.29, 0.717) is 33.9 Å². The van der Waals surface area contributed by atoms with Crippen LogP contribution >= 0.6 is 0 Å². The third-order valence-corrected chi connectivity index (χ3v) is 6.45. The first-order valence-electron chi connectivity index (χ1n) is 11.9. The van der Waals surface area contributed by atoms with Gasteiger partial charge in [0, 0.05) is 5.56 Å². The summed E-state index contributed by atoms with van der Waals surface area (Å²) in [5.74, 6) is -1.56. The molecule has 3 aromatic carbocycles. The van der Waals surface area contributed by atoms with Gasteiger partial charge in [-0.05, 0) is 29.3 Å². The molecule has 0 bridgehead atoms. The molecular formula is C30H27N3O6. The van der Waals surface area contributed by atoms with Crippen molar-refractivity contribution in [3.8, 4) is 28.7 Å². The number of nitrogens with two attached hydrogens (primary N) is 1. The first-order valence-corrected chi connectivity index (χ1v) is 11.9. The van der Waals surface area contributed by atoms with Gasteiger partial charge in [-0.1, -0.05) is 54.6 Å². The summed E-state index contributed by atoms with van der Waals surface area (Å²) in [5, 5.41) is 10.3. The predicted molar refractivity (Wildman–Crippen MR) is 145 cm³/mol. The zero-order chi connectivity index (χ0) is 28.1. The molecule has 4 rings (SSSR count). The molecule has 3 aromatic rings. The van der Waals surface area contributed by atoms with Crippen molar-refractivity contribution in [1.82, 2.24) is 0 Å². The highest BCUT2D eigenvalue weighted by Crippen LogP contribution is 2.46. The van der Waals surface area contributed by atoms with Gasteiger partial charge in [0.15, 0.2) is 11.5 Å². The number of allylic oxidation sites excluding steroid dienone is 1. The van der Waals surface area contributed by atoms with Gasteiger partial charge in [-0.15, -0.1) is 0 Å². The van der Waals surface area contributed by atoms with Crippen molar-refractivity contribution < 1.29 is 28.5 Å². The summed E-state index contributed by atoms with van der Waals surface area (Å²) in [6.07, 6.45) is 0. The molecule has 0 radical (unpaired) electrons. The SMILES string of the molecule is COC(=O)C1=C(C(=O)OC)N(c2ccccc2-c2ccc(OC)c(OC)c2)C(N)=C(C#N)C1c1ccccc1. The molecule has 9 heteroatoms. The van der Waals surface area contributed by atoms with Crippen LogP contribution in [0.5, 0.6) is 11.5 Å². The fourth-order valence-corrected chi connectivity index (χ4v) is 4.68. The molecule has 0 aromatic heterocycles. The van der Waals surface area contributed by atoms with Gasteiger partial charge in [-0.25, -0.2) is 9.59 Å². The molecule has 0 spiro atoms. The summed E-state index contributed by atoms with van der Waals surface area (Å²) in [6.45, 7) is 0. The Morgan fingerprint density at radius 1 is 0.846 bits per heavy atom. The maximum Gasteiger partial charge on any atom is 0.355 e. The number of hydrogen-bond acceptors (Lipinski definition) is 9. The van der Waals surface area contributed by atoms with Gasteiger partial charge in [-0.3, -0.25) is 4.90 Å². The number of para-hydroxylation sites is 1. The highest BCUT2D eigenvalue weighted by Gasteiger charge is 2.43. The van der Waals surface area contributed by atoms with Gasteiger partial charge >= 0.3 is 11.9 Å². The number of nitrogens with zero attached hydrogens (tertiary/aromatic N) is 2. The monoisotopic (exact) mass is 525 g/mol. The van der Waals surface area contributed by atoms with E-state index in [-0.39, 0.29) is 22.7 Å². The summed E-state index contributed by atoms with van der Waals surface area (Å²) in [5.41, 5.74) is 8.91. The largest absolute Gasteiger partial charge is 0.493 e. The smallest absolute Gasteiger partial charge is 0.355 e. The lowest BCUT2D eigenvalue weighted by Crippen LogP contribution is -2.41. The average molecular weight is 526 g/mol. The van der Waals surface area contributed by atoms with Crippen LogP contribution in [0.1, 0.15) is 11.5 Å². The van der Waals surface area contributed by atoms with E-state index in [1.54, 1.807) is 61.7 Å². The molecule has 0 saturated heterocycles. The second kappa shape index (κ2) is 11.4. The minimum Gasteiger partial charge on any atom is -0.493 e. The molecule has 0 fully saturated rings. The van der Waals surface area contributed by atoms with Crippen LogP contribution in [0.15, 0.2) is 95.5 Å². The molecule has 0 amide bonds. The molecule has 2 N–H and O–H groups in total. The van der Waals surface area contributed by atoms with Crippen molar-refractivity contribution in [1.29, 1.82) is 5.26 Å². The first kappa shape index (κ1) is 26.8. The number of anilines is 1. The molecule has 1 aliphatic rings. The number of nitriles is 1.